The van der Waals surface area contributed by atoms with Gasteiger partial charge in [0.15, 0.2) is 11.5 Å². The smallest absolute Gasteiger partial charge is 0.175 e. The highest BCUT2D eigenvalue weighted by atomic mass is 35.5. The summed E-state index contributed by atoms with van der Waals surface area (Å²) in [7, 11) is 0. The van der Waals surface area contributed by atoms with Gasteiger partial charge in [0.1, 0.15) is 16.8 Å². The van der Waals surface area contributed by atoms with Crippen LogP contribution in [0.4, 0.5) is 0 Å². The van der Waals surface area contributed by atoms with Crippen molar-refractivity contribution in [1.82, 2.24) is 14.6 Å². The average Bonchev–Trinajstić information content (AvgIpc) is 2.84. The Morgan fingerprint density at radius 1 is 1.33 bits per heavy atom. The van der Waals surface area contributed by atoms with Crippen molar-refractivity contribution in [3.05, 3.63) is 27.7 Å². The molecule has 4 nitrogen and oxygen atoms in total. The maximum absolute atomic E-state index is 9.50. The van der Waals surface area contributed by atoms with Crippen LogP contribution in [0.25, 0.3) is 5.65 Å². The van der Waals surface area contributed by atoms with Gasteiger partial charge in [-0.1, -0.05) is 45.7 Å². The standard InChI is InChI=1S/C16H21ClN4/c1-6-7-8-11-10(2)12(9-18)14-19-15(16(3,4)5)20-21(14)13(11)17/h6-8H2,1-5H3. The molecule has 0 N–H and O–H groups in total. The van der Waals surface area contributed by atoms with Gasteiger partial charge >= 0.3 is 0 Å². The van der Waals surface area contributed by atoms with E-state index in [0.717, 1.165) is 30.4 Å². The van der Waals surface area contributed by atoms with Crippen LogP contribution < -0.4 is 0 Å². The summed E-state index contributed by atoms with van der Waals surface area (Å²) in [6.45, 7) is 10.2. The minimum absolute atomic E-state index is 0.181. The molecule has 0 atom stereocenters. The van der Waals surface area contributed by atoms with Crippen LogP contribution in [0.15, 0.2) is 0 Å². The summed E-state index contributed by atoms with van der Waals surface area (Å²) < 4.78 is 1.62. The van der Waals surface area contributed by atoms with E-state index < -0.39 is 0 Å². The number of nitrogens with zero attached hydrogens (tertiary/aromatic N) is 4. The summed E-state index contributed by atoms with van der Waals surface area (Å²) in [6.07, 6.45) is 2.98. The molecule has 0 bridgehead atoms. The number of halogens is 1. The molecule has 0 spiro atoms. The van der Waals surface area contributed by atoms with Gasteiger partial charge in [-0.05, 0) is 30.9 Å². The Hall–Kier alpha value is -1.60. The van der Waals surface area contributed by atoms with E-state index in [1.165, 1.54) is 0 Å². The first-order valence-corrected chi connectivity index (χ1v) is 7.67. The van der Waals surface area contributed by atoms with Gasteiger partial charge in [-0.25, -0.2) is 9.50 Å². The van der Waals surface area contributed by atoms with Crippen LogP contribution in [0.2, 0.25) is 5.15 Å². The van der Waals surface area contributed by atoms with Crippen molar-refractivity contribution in [2.45, 2.75) is 59.3 Å². The lowest BCUT2D eigenvalue weighted by molar-refractivity contribution is 0.545. The van der Waals surface area contributed by atoms with E-state index in [9.17, 15) is 5.26 Å². The molecule has 112 valence electrons. The predicted molar refractivity (Wildman–Crippen MR) is 84.8 cm³/mol. The number of fused-ring (bicyclic) bond motifs is 1. The van der Waals surface area contributed by atoms with Crippen LogP contribution in [0.5, 0.6) is 0 Å². The first-order chi connectivity index (χ1) is 9.81. The molecule has 5 heteroatoms. The Morgan fingerprint density at radius 3 is 2.52 bits per heavy atom. The average molecular weight is 305 g/mol. The summed E-state index contributed by atoms with van der Waals surface area (Å²) in [5, 5.41) is 14.6. The molecule has 21 heavy (non-hydrogen) atoms. The number of rotatable bonds is 3. The van der Waals surface area contributed by atoms with Gasteiger partial charge in [0.2, 0.25) is 0 Å². The highest BCUT2D eigenvalue weighted by Crippen LogP contribution is 2.29. The molecule has 2 heterocycles. The number of hydrogen-bond acceptors (Lipinski definition) is 3. The molecule has 0 radical (unpaired) electrons. The maximum Gasteiger partial charge on any atom is 0.175 e. The summed E-state index contributed by atoms with van der Waals surface area (Å²) in [5.41, 5.74) is 2.89. The third-order valence-corrected chi connectivity index (χ3v) is 4.04. The lowest BCUT2D eigenvalue weighted by Gasteiger charge is -2.12. The Kier molecular flexibility index (Phi) is 4.25. The fraction of sp³-hybridized carbons (Fsp3) is 0.562. The Balaban J connectivity index is 2.77. The number of pyridine rings is 1. The van der Waals surface area contributed by atoms with Crippen molar-refractivity contribution >= 4 is 17.2 Å². The lowest BCUT2D eigenvalue weighted by atomic mass is 9.96. The first-order valence-electron chi connectivity index (χ1n) is 7.29. The minimum atomic E-state index is -0.181. The van der Waals surface area contributed by atoms with Gasteiger partial charge in [-0.3, -0.25) is 0 Å². The molecule has 2 aromatic heterocycles. The quantitative estimate of drug-likeness (QED) is 0.798. The Labute approximate surface area is 130 Å². The van der Waals surface area contributed by atoms with Crippen molar-refractivity contribution in [2.75, 3.05) is 0 Å². The summed E-state index contributed by atoms with van der Waals surface area (Å²) in [4.78, 5) is 4.54. The first kappa shape index (κ1) is 15.8. The second-order valence-corrected chi connectivity index (χ2v) is 6.76. The highest BCUT2D eigenvalue weighted by Gasteiger charge is 2.24. The van der Waals surface area contributed by atoms with E-state index >= 15 is 0 Å². The second kappa shape index (κ2) is 5.65. The highest BCUT2D eigenvalue weighted by molar-refractivity contribution is 6.30. The van der Waals surface area contributed by atoms with Crippen molar-refractivity contribution in [3.63, 3.8) is 0 Å². The van der Waals surface area contributed by atoms with Crippen LogP contribution in [0.1, 0.15) is 63.1 Å². The van der Waals surface area contributed by atoms with Crippen molar-refractivity contribution in [2.24, 2.45) is 0 Å². The van der Waals surface area contributed by atoms with Gasteiger partial charge in [0.25, 0.3) is 0 Å². The predicted octanol–water partition coefficient (Wildman–Crippen LogP) is 4.20. The normalized spacial score (nSPS) is 11.9. The van der Waals surface area contributed by atoms with Crippen LogP contribution in [-0.2, 0) is 11.8 Å². The molecule has 0 fully saturated rings. The van der Waals surface area contributed by atoms with Gasteiger partial charge in [0.05, 0.1) is 0 Å². The molecule has 0 saturated carbocycles. The molecular formula is C16H21ClN4. The number of hydrogen-bond donors (Lipinski definition) is 0. The van der Waals surface area contributed by atoms with Crippen LogP contribution in [0, 0.1) is 18.3 Å². The monoisotopic (exact) mass is 304 g/mol. The molecule has 0 saturated heterocycles. The van der Waals surface area contributed by atoms with E-state index in [1.54, 1.807) is 4.52 Å². The zero-order chi connectivity index (χ0) is 15.8. The number of nitriles is 1. The zero-order valence-corrected chi connectivity index (χ0v) is 14.0. The van der Waals surface area contributed by atoms with Crippen LogP contribution in [0.3, 0.4) is 0 Å². The Bertz CT molecular complexity index is 717. The third kappa shape index (κ3) is 2.75. The molecular weight excluding hydrogens is 284 g/mol. The van der Waals surface area contributed by atoms with E-state index in [1.807, 2.05) is 27.7 Å². The molecule has 2 aromatic rings. The molecule has 0 aromatic carbocycles. The molecule has 0 aliphatic rings. The number of aromatic nitrogens is 3. The van der Waals surface area contributed by atoms with Gasteiger partial charge in [-0.15, -0.1) is 5.10 Å². The molecule has 2 rings (SSSR count). The summed E-state index contributed by atoms with van der Waals surface area (Å²) >= 11 is 6.53. The fourth-order valence-corrected chi connectivity index (χ4v) is 2.66. The van der Waals surface area contributed by atoms with Gasteiger partial charge in [-0.2, -0.15) is 5.26 Å². The second-order valence-electron chi connectivity index (χ2n) is 6.41. The molecule has 0 amide bonds. The third-order valence-electron chi connectivity index (χ3n) is 3.66. The SMILES string of the molecule is CCCCc1c(C)c(C#N)c2nc(C(C)(C)C)nn2c1Cl. The van der Waals surface area contributed by atoms with Crippen LogP contribution >= 0.6 is 11.6 Å². The maximum atomic E-state index is 9.50. The summed E-state index contributed by atoms with van der Waals surface area (Å²) in [6, 6.07) is 2.27. The van der Waals surface area contributed by atoms with E-state index in [4.69, 9.17) is 11.6 Å². The van der Waals surface area contributed by atoms with Crippen molar-refractivity contribution < 1.29 is 0 Å². The molecule has 0 aliphatic carbocycles. The lowest BCUT2D eigenvalue weighted by Crippen LogP contribution is -2.13. The van der Waals surface area contributed by atoms with E-state index in [0.29, 0.717) is 22.2 Å². The van der Waals surface area contributed by atoms with E-state index in [2.05, 4.69) is 23.1 Å². The topological polar surface area (TPSA) is 54.0 Å². The molecule has 0 aliphatic heterocycles. The van der Waals surface area contributed by atoms with Crippen LogP contribution in [-0.4, -0.2) is 14.6 Å². The zero-order valence-electron chi connectivity index (χ0n) is 13.3. The minimum Gasteiger partial charge on any atom is -0.210 e. The fourth-order valence-electron chi connectivity index (χ4n) is 2.31. The largest absolute Gasteiger partial charge is 0.210 e. The summed E-state index contributed by atoms with van der Waals surface area (Å²) in [5.74, 6) is 0.702. The van der Waals surface area contributed by atoms with Crippen molar-refractivity contribution in [3.8, 4) is 6.07 Å². The van der Waals surface area contributed by atoms with Crippen molar-refractivity contribution in [1.29, 1.82) is 5.26 Å². The number of unbranched alkanes of at least 4 members (excludes halogenated alkanes) is 1. The van der Waals surface area contributed by atoms with Gasteiger partial charge in [0, 0.05) is 5.41 Å². The molecule has 0 unspecified atom stereocenters. The Morgan fingerprint density at radius 2 is 2.00 bits per heavy atom. The van der Waals surface area contributed by atoms with E-state index in [-0.39, 0.29) is 5.41 Å². The van der Waals surface area contributed by atoms with Gasteiger partial charge < -0.3 is 0 Å².